The molecular weight excluding hydrogens is 382 g/mol. The lowest BCUT2D eigenvalue weighted by atomic mass is 9.91. The molecule has 1 fully saturated rings. The van der Waals surface area contributed by atoms with E-state index in [1.807, 2.05) is 13.8 Å². The molecule has 0 unspecified atom stereocenters. The van der Waals surface area contributed by atoms with Crippen molar-refractivity contribution in [3.8, 4) is 0 Å². The summed E-state index contributed by atoms with van der Waals surface area (Å²) in [7, 11) is 0. The highest BCUT2D eigenvalue weighted by molar-refractivity contribution is 5.92. The van der Waals surface area contributed by atoms with Crippen molar-refractivity contribution in [2.24, 2.45) is 0 Å². The van der Waals surface area contributed by atoms with Crippen LogP contribution in [0.1, 0.15) is 86.2 Å². The molecule has 0 spiro atoms. The zero-order valence-electron chi connectivity index (χ0n) is 17.6. The number of fused-ring (bicyclic) bond motifs is 1. The van der Waals surface area contributed by atoms with Gasteiger partial charge >= 0.3 is 0 Å². The van der Waals surface area contributed by atoms with Crippen molar-refractivity contribution in [3.05, 3.63) is 55.9 Å². The summed E-state index contributed by atoms with van der Waals surface area (Å²) in [6.07, 6.45) is 7.34. The Morgan fingerprint density at radius 1 is 1.03 bits per heavy atom. The molecule has 1 amide bonds. The van der Waals surface area contributed by atoms with Gasteiger partial charge in [0.25, 0.3) is 17.0 Å². The maximum absolute atomic E-state index is 12.6. The molecule has 0 saturated heterocycles. The summed E-state index contributed by atoms with van der Waals surface area (Å²) in [6.45, 7) is 3.71. The largest absolute Gasteiger partial charge is 0.348 e. The van der Waals surface area contributed by atoms with Crippen LogP contribution in [0.2, 0.25) is 0 Å². The molecule has 0 aromatic carbocycles. The van der Waals surface area contributed by atoms with E-state index in [1.165, 1.54) is 16.8 Å². The van der Waals surface area contributed by atoms with Gasteiger partial charge in [0, 0.05) is 18.2 Å². The summed E-state index contributed by atoms with van der Waals surface area (Å²) in [4.78, 5) is 37.0. The van der Waals surface area contributed by atoms with Crippen molar-refractivity contribution < 1.29 is 4.79 Å². The molecule has 8 nitrogen and oxygen atoms in total. The van der Waals surface area contributed by atoms with Crippen LogP contribution in [0, 0.1) is 0 Å². The fraction of sp³-hybridized carbons (Fsp3) is 0.591. The first kappa shape index (κ1) is 20.5. The number of hydrogen-bond donors (Lipinski definition) is 1. The fourth-order valence-electron chi connectivity index (χ4n) is 4.48. The Morgan fingerprint density at radius 2 is 1.77 bits per heavy atom. The number of nitrogens with one attached hydrogen (secondary N) is 1. The van der Waals surface area contributed by atoms with Crippen LogP contribution in [0.15, 0.2) is 27.8 Å². The first-order valence-corrected chi connectivity index (χ1v) is 10.9. The van der Waals surface area contributed by atoms with E-state index in [4.69, 9.17) is 0 Å². The first-order chi connectivity index (χ1) is 14.4. The Labute approximate surface area is 175 Å². The van der Waals surface area contributed by atoms with E-state index in [0.29, 0.717) is 0 Å². The normalized spacial score (nSPS) is 21.3. The number of aromatic nitrogens is 4. The summed E-state index contributed by atoms with van der Waals surface area (Å²) in [6, 6.07) is 4.63. The summed E-state index contributed by atoms with van der Waals surface area (Å²) >= 11 is 0. The van der Waals surface area contributed by atoms with Crippen LogP contribution in [0.25, 0.3) is 0 Å². The first-order valence-electron chi connectivity index (χ1n) is 10.9. The van der Waals surface area contributed by atoms with Crippen LogP contribution in [-0.4, -0.2) is 31.5 Å². The SMILES string of the molecule is CC(C)n1nc(C(=O)NC2CCC(n3nc4c(cc3=O)CCCC4)CC2)ccc1=O. The van der Waals surface area contributed by atoms with Gasteiger partial charge in [0.15, 0.2) is 0 Å². The molecule has 1 N–H and O–H groups in total. The molecule has 8 heteroatoms. The van der Waals surface area contributed by atoms with Crippen molar-refractivity contribution in [3.63, 3.8) is 0 Å². The second-order valence-corrected chi connectivity index (χ2v) is 8.68. The zero-order valence-corrected chi connectivity index (χ0v) is 17.6. The molecule has 2 heterocycles. The van der Waals surface area contributed by atoms with Gasteiger partial charge in [-0.25, -0.2) is 9.36 Å². The molecule has 0 bridgehead atoms. The van der Waals surface area contributed by atoms with Gasteiger partial charge < -0.3 is 5.32 Å². The van der Waals surface area contributed by atoms with E-state index in [9.17, 15) is 14.4 Å². The standard InChI is InChI=1S/C22H29N5O3/c1-14(2)26-20(28)12-11-19(25-26)22(30)23-16-7-9-17(10-8-16)27-21(29)13-15-5-3-4-6-18(15)24-27/h11-14,16-17H,3-10H2,1-2H3,(H,23,30). The molecule has 160 valence electrons. The van der Waals surface area contributed by atoms with E-state index in [-0.39, 0.29) is 40.8 Å². The van der Waals surface area contributed by atoms with Crippen LogP contribution in [0.3, 0.4) is 0 Å². The number of aryl methyl sites for hydroxylation is 2. The van der Waals surface area contributed by atoms with Gasteiger partial charge in [0.05, 0.1) is 17.8 Å². The molecule has 0 aliphatic heterocycles. The highest BCUT2D eigenvalue weighted by atomic mass is 16.2. The van der Waals surface area contributed by atoms with Gasteiger partial charge in [-0.3, -0.25) is 14.4 Å². The molecule has 4 rings (SSSR count). The Hall–Kier alpha value is -2.77. The third-order valence-corrected chi connectivity index (χ3v) is 6.16. The Balaban J connectivity index is 1.39. The molecule has 2 aliphatic carbocycles. The maximum atomic E-state index is 12.6. The molecule has 30 heavy (non-hydrogen) atoms. The Morgan fingerprint density at radius 3 is 2.50 bits per heavy atom. The summed E-state index contributed by atoms with van der Waals surface area (Å²) < 4.78 is 2.99. The Bertz CT molecular complexity index is 1050. The minimum Gasteiger partial charge on any atom is -0.348 e. The predicted molar refractivity (Wildman–Crippen MR) is 113 cm³/mol. The third-order valence-electron chi connectivity index (χ3n) is 6.16. The number of carbonyl (C=O) groups is 1. The second kappa shape index (κ2) is 8.53. The molecule has 1 saturated carbocycles. The maximum Gasteiger partial charge on any atom is 0.271 e. The van der Waals surface area contributed by atoms with Crippen molar-refractivity contribution >= 4 is 5.91 Å². The van der Waals surface area contributed by atoms with Crippen molar-refractivity contribution in [2.75, 3.05) is 0 Å². The van der Waals surface area contributed by atoms with E-state index < -0.39 is 0 Å². The topological polar surface area (TPSA) is 98.9 Å². The van der Waals surface area contributed by atoms with E-state index >= 15 is 0 Å². The van der Waals surface area contributed by atoms with Crippen molar-refractivity contribution in [1.29, 1.82) is 0 Å². The van der Waals surface area contributed by atoms with Crippen molar-refractivity contribution in [1.82, 2.24) is 24.9 Å². The van der Waals surface area contributed by atoms with Crippen LogP contribution in [0.5, 0.6) is 0 Å². The predicted octanol–water partition coefficient (Wildman–Crippen LogP) is 2.17. The average Bonchev–Trinajstić information content (AvgIpc) is 2.74. The van der Waals surface area contributed by atoms with Crippen LogP contribution < -0.4 is 16.4 Å². The smallest absolute Gasteiger partial charge is 0.271 e. The lowest BCUT2D eigenvalue weighted by Crippen LogP contribution is -2.40. The van der Waals surface area contributed by atoms with Crippen LogP contribution in [0.4, 0.5) is 0 Å². The van der Waals surface area contributed by atoms with Gasteiger partial charge in [0.1, 0.15) is 5.69 Å². The second-order valence-electron chi connectivity index (χ2n) is 8.68. The van der Waals surface area contributed by atoms with E-state index in [2.05, 4.69) is 15.5 Å². The van der Waals surface area contributed by atoms with Crippen molar-refractivity contribution in [2.45, 2.75) is 83.3 Å². The molecular formula is C22H29N5O3. The lowest BCUT2D eigenvalue weighted by molar-refractivity contribution is 0.0913. The van der Waals surface area contributed by atoms with E-state index in [1.54, 1.807) is 10.7 Å². The molecule has 2 aromatic heterocycles. The molecule has 2 aromatic rings. The summed E-state index contributed by atoms with van der Waals surface area (Å²) in [5.41, 5.74) is 2.20. The molecule has 2 aliphatic rings. The van der Waals surface area contributed by atoms with E-state index in [0.717, 1.165) is 62.6 Å². The number of hydrogen-bond acceptors (Lipinski definition) is 5. The number of carbonyl (C=O) groups excluding carboxylic acids is 1. The zero-order chi connectivity index (χ0) is 21.3. The lowest BCUT2D eigenvalue weighted by Gasteiger charge is -2.30. The summed E-state index contributed by atoms with van der Waals surface area (Å²) in [5, 5.41) is 11.9. The van der Waals surface area contributed by atoms with Gasteiger partial charge in [-0.15, -0.1) is 0 Å². The minimum absolute atomic E-state index is 0.0109. The monoisotopic (exact) mass is 411 g/mol. The third kappa shape index (κ3) is 4.22. The Kier molecular flexibility index (Phi) is 5.83. The molecule has 0 atom stereocenters. The number of nitrogens with zero attached hydrogens (tertiary/aromatic N) is 4. The minimum atomic E-state index is -0.267. The van der Waals surface area contributed by atoms with Gasteiger partial charge in [0.2, 0.25) is 0 Å². The van der Waals surface area contributed by atoms with Gasteiger partial charge in [-0.1, -0.05) is 0 Å². The fourth-order valence-corrected chi connectivity index (χ4v) is 4.48. The van der Waals surface area contributed by atoms with Gasteiger partial charge in [-0.2, -0.15) is 10.2 Å². The van der Waals surface area contributed by atoms with Crippen LogP contribution in [-0.2, 0) is 12.8 Å². The highest BCUT2D eigenvalue weighted by Crippen LogP contribution is 2.28. The van der Waals surface area contributed by atoms with Gasteiger partial charge in [-0.05, 0) is 76.8 Å². The number of amides is 1. The quantitative estimate of drug-likeness (QED) is 0.831. The highest BCUT2D eigenvalue weighted by Gasteiger charge is 2.26. The summed E-state index contributed by atoms with van der Waals surface area (Å²) in [5.74, 6) is -0.267. The average molecular weight is 412 g/mol. The van der Waals surface area contributed by atoms with Crippen LogP contribution >= 0.6 is 0 Å². The number of rotatable bonds is 4. The molecule has 0 radical (unpaired) electrons.